The van der Waals surface area contributed by atoms with E-state index in [-0.39, 0.29) is 12.7 Å². The summed E-state index contributed by atoms with van der Waals surface area (Å²) in [5.74, 6) is 0. The van der Waals surface area contributed by atoms with Crippen molar-refractivity contribution in [3.05, 3.63) is 0 Å². The maximum Gasteiger partial charge on any atom is 0.505 e. The van der Waals surface area contributed by atoms with Crippen LogP contribution in [0.3, 0.4) is 0 Å². The predicted octanol–water partition coefficient (Wildman–Crippen LogP) is 1.56. The Hall–Kier alpha value is -0.930. The largest absolute Gasteiger partial charge is 0.505 e. The van der Waals surface area contributed by atoms with Crippen molar-refractivity contribution in [2.45, 2.75) is 26.4 Å². The van der Waals surface area contributed by atoms with E-state index < -0.39 is 6.16 Å². The van der Waals surface area contributed by atoms with Crippen LogP contribution in [0.25, 0.3) is 0 Å². The molecule has 1 unspecified atom stereocenters. The molecule has 0 aromatic rings. The first kappa shape index (κ1) is 22.1. The minimum absolute atomic E-state index is 0.0399. The summed E-state index contributed by atoms with van der Waals surface area (Å²) in [6.45, 7) is 8.63. The zero-order chi connectivity index (χ0) is 17.2. The molecule has 0 aliphatic carbocycles. The van der Waals surface area contributed by atoms with Gasteiger partial charge in [-0.1, -0.05) is 6.92 Å². The fraction of sp³-hybridized carbons (Fsp3) is 0.933. The zero-order valence-electron chi connectivity index (χ0n) is 14.2. The molecule has 23 heavy (non-hydrogen) atoms. The van der Waals surface area contributed by atoms with Crippen molar-refractivity contribution in [2.75, 3.05) is 66.1 Å². The summed E-state index contributed by atoms with van der Waals surface area (Å²) in [4.78, 5) is 10.3. The van der Waals surface area contributed by atoms with Gasteiger partial charge in [0.15, 0.2) is 0 Å². The third kappa shape index (κ3) is 17.3. The van der Waals surface area contributed by atoms with Gasteiger partial charge in [0, 0.05) is 6.61 Å². The highest BCUT2D eigenvalue weighted by Crippen LogP contribution is 1.99. The molecule has 0 spiro atoms. The van der Waals surface area contributed by atoms with E-state index in [9.17, 15) is 4.79 Å². The summed E-state index contributed by atoms with van der Waals surface area (Å²) < 4.78 is 31.0. The predicted molar refractivity (Wildman–Crippen MR) is 83.0 cm³/mol. The van der Waals surface area contributed by atoms with E-state index in [4.69, 9.17) is 28.8 Å². The second kappa shape index (κ2) is 17.4. The maximum absolute atomic E-state index is 10.3. The van der Waals surface area contributed by atoms with Gasteiger partial charge in [-0.3, -0.25) is 0 Å². The van der Waals surface area contributed by atoms with Crippen LogP contribution >= 0.6 is 0 Å². The molecule has 0 fully saturated rings. The molecule has 0 saturated carbocycles. The smallest absolute Gasteiger partial charge is 0.450 e. The van der Waals surface area contributed by atoms with Crippen LogP contribution in [-0.2, 0) is 28.4 Å². The van der Waals surface area contributed by atoms with E-state index >= 15 is 0 Å². The second-order valence-corrected chi connectivity index (χ2v) is 4.51. The summed E-state index contributed by atoms with van der Waals surface area (Å²) in [5, 5.41) is 8.41. The third-order valence-electron chi connectivity index (χ3n) is 2.75. The number of carboxylic acid groups (broad SMARTS) is 1. The lowest BCUT2D eigenvalue weighted by Crippen LogP contribution is -2.23. The van der Waals surface area contributed by atoms with Gasteiger partial charge >= 0.3 is 6.16 Å². The molecule has 0 heterocycles. The molecule has 138 valence electrons. The van der Waals surface area contributed by atoms with Crippen LogP contribution in [0.2, 0.25) is 0 Å². The third-order valence-corrected chi connectivity index (χ3v) is 2.75. The monoisotopic (exact) mass is 338 g/mol. The molecular formula is C15H30O8. The first-order valence-corrected chi connectivity index (χ1v) is 7.99. The number of rotatable bonds is 17. The van der Waals surface area contributed by atoms with Crippen LogP contribution in [0, 0.1) is 0 Å². The molecule has 0 radical (unpaired) electrons. The fourth-order valence-corrected chi connectivity index (χ4v) is 1.53. The summed E-state index contributed by atoms with van der Waals surface area (Å²) in [7, 11) is 0. The average Bonchev–Trinajstić information content (AvgIpc) is 2.54. The highest BCUT2D eigenvalue weighted by molar-refractivity contribution is 5.56. The van der Waals surface area contributed by atoms with Crippen LogP contribution in [-0.4, -0.2) is 83.4 Å². The lowest BCUT2D eigenvalue weighted by Gasteiger charge is -2.15. The molecule has 0 aromatic carbocycles. The van der Waals surface area contributed by atoms with Crippen molar-refractivity contribution in [1.29, 1.82) is 0 Å². The molecule has 8 nitrogen and oxygen atoms in total. The quantitative estimate of drug-likeness (QED) is 0.315. The molecule has 0 aliphatic rings. The topological polar surface area (TPSA) is 92.7 Å². The Bertz CT molecular complexity index is 262. The number of hydrogen-bond donors (Lipinski definition) is 1. The van der Waals surface area contributed by atoms with Gasteiger partial charge in [-0.2, -0.15) is 0 Å². The van der Waals surface area contributed by atoms with Crippen molar-refractivity contribution >= 4 is 6.16 Å². The first-order chi connectivity index (χ1) is 11.2. The molecule has 0 rings (SSSR count). The van der Waals surface area contributed by atoms with Crippen LogP contribution in [0.5, 0.6) is 0 Å². The van der Waals surface area contributed by atoms with Gasteiger partial charge in [-0.15, -0.1) is 0 Å². The molecule has 8 heteroatoms. The van der Waals surface area contributed by atoms with Crippen LogP contribution in [0.15, 0.2) is 0 Å². The zero-order valence-corrected chi connectivity index (χ0v) is 14.2. The van der Waals surface area contributed by atoms with Crippen molar-refractivity contribution in [3.63, 3.8) is 0 Å². The van der Waals surface area contributed by atoms with Crippen molar-refractivity contribution < 1.29 is 38.3 Å². The van der Waals surface area contributed by atoms with Crippen LogP contribution < -0.4 is 0 Å². The SMILES string of the molecule is CCOCCOCCOCCOCCOC(CC)COC(=O)O. The van der Waals surface area contributed by atoms with Crippen molar-refractivity contribution in [2.24, 2.45) is 0 Å². The Morgan fingerprint density at radius 2 is 1.30 bits per heavy atom. The molecular weight excluding hydrogens is 308 g/mol. The Balaban J connectivity index is 3.21. The maximum atomic E-state index is 10.3. The Morgan fingerprint density at radius 1 is 0.826 bits per heavy atom. The number of carbonyl (C=O) groups is 1. The van der Waals surface area contributed by atoms with Crippen molar-refractivity contribution in [3.8, 4) is 0 Å². The summed E-state index contributed by atoms with van der Waals surface area (Å²) >= 11 is 0. The van der Waals surface area contributed by atoms with Gasteiger partial charge in [-0.05, 0) is 13.3 Å². The number of ether oxygens (including phenoxy) is 6. The lowest BCUT2D eigenvalue weighted by molar-refractivity contribution is -0.0412. The van der Waals surface area contributed by atoms with E-state index in [0.717, 1.165) is 0 Å². The van der Waals surface area contributed by atoms with Gasteiger partial charge in [0.1, 0.15) is 6.61 Å². The van der Waals surface area contributed by atoms with Gasteiger partial charge in [0.2, 0.25) is 0 Å². The van der Waals surface area contributed by atoms with Crippen LogP contribution in [0.4, 0.5) is 4.79 Å². The lowest BCUT2D eigenvalue weighted by atomic mass is 10.3. The Labute approximate surface area is 137 Å². The molecule has 0 bridgehead atoms. The molecule has 0 aromatic heterocycles. The van der Waals surface area contributed by atoms with Crippen molar-refractivity contribution in [1.82, 2.24) is 0 Å². The summed E-state index contributed by atoms with van der Waals surface area (Å²) in [5.41, 5.74) is 0. The Morgan fingerprint density at radius 3 is 1.74 bits per heavy atom. The first-order valence-electron chi connectivity index (χ1n) is 7.99. The van der Waals surface area contributed by atoms with E-state index in [1.807, 2.05) is 13.8 Å². The minimum atomic E-state index is -1.29. The molecule has 1 N–H and O–H groups in total. The normalized spacial score (nSPS) is 12.3. The average molecular weight is 338 g/mol. The molecule has 0 saturated heterocycles. The summed E-state index contributed by atoms with van der Waals surface area (Å²) in [6, 6.07) is 0. The van der Waals surface area contributed by atoms with E-state index in [1.54, 1.807) is 0 Å². The number of hydrogen-bond acceptors (Lipinski definition) is 7. The minimum Gasteiger partial charge on any atom is -0.450 e. The highest BCUT2D eigenvalue weighted by Gasteiger charge is 2.09. The van der Waals surface area contributed by atoms with E-state index in [1.165, 1.54) is 0 Å². The van der Waals surface area contributed by atoms with E-state index in [2.05, 4.69) is 4.74 Å². The van der Waals surface area contributed by atoms with Gasteiger partial charge in [0.05, 0.1) is 59.0 Å². The molecule has 0 amide bonds. The van der Waals surface area contributed by atoms with Gasteiger partial charge in [-0.25, -0.2) is 4.79 Å². The van der Waals surface area contributed by atoms with E-state index in [0.29, 0.717) is 65.9 Å². The highest BCUT2D eigenvalue weighted by atomic mass is 16.7. The molecule has 0 aliphatic heterocycles. The summed E-state index contributed by atoms with van der Waals surface area (Å²) in [6.07, 6.45) is -0.846. The molecule has 1 atom stereocenters. The fourth-order valence-electron chi connectivity index (χ4n) is 1.53. The standard InChI is InChI=1S/C15H30O8/c1-3-14(13-23-15(16)17)22-12-11-21-10-9-20-8-7-19-6-5-18-4-2/h14H,3-13H2,1-2H3,(H,16,17). The Kier molecular flexibility index (Phi) is 16.7. The van der Waals surface area contributed by atoms with Crippen LogP contribution in [0.1, 0.15) is 20.3 Å². The second-order valence-electron chi connectivity index (χ2n) is 4.51. The van der Waals surface area contributed by atoms with Gasteiger partial charge < -0.3 is 33.5 Å². The van der Waals surface area contributed by atoms with Gasteiger partial charge in [0.25, 0.3) is 0 Å².